The van der Waals surface area contributed by atoms with E-state index in [9.17, 15) is 9.18 Å². The van der Waals surface area contributed by atoms with Crippen molar-refractivity contribution in [2.75, 3.05) is 18.4 Å². The maximum atomic E-state index is 13.4. The SMILES string of the molecule is Cc1c(F)cccc1NC(=O)N1CCC(C)CC1. The van der Waals surface area contributed by atoms with Crippen molar-refractivity contribution in [3.05, 3.63) is 29.6 Å². The van der Waals surface area contributed by atoms with Gasteiger partial charge in [0.1, 0.15) is 5.82 Å². The van der Waals surface area contributed by atoms with E-state index in [2.05, 4.69) is 12.2 Å². The van der Waals surface area contributed by atoms with Crippen LogP contribution in [0.2, 0.25) is 0 Å². The van der Waals surface area contributed by atoms with E-state index in [1.54, 1.807) is 24.0 Å². The summed E-state index contributed by atoms with van der Waals surface area (Å²) in [4.78, 5) is 13.8. The molecule has 3 nitrogen and oxygen atoms in total. The molecule has 1 N–H and O–H groups in total. The van der Waals surface area contributed by atoms with Crippen LogP contribution in [0.4, 0.5) is 14.9 Å². The molecule has 98 valence electrons. The topological polar surface area (TPSA) is 32.3 Å². The Hall–Kier alpha value is -1.58. The number of urea groups is 1. The predicted octanol–water partition coefficient (Wildman–Crippen LogP) is 3.40. The molecule has 0 bridgehead atoms. The summed E-state index contributed by atoms with van der Waals surface area (Å²) in [6, 6.07) is 4.60. The molecule has 0 aromatic heterocycles. The fraction of sp³-hybridized carbons (Fsp3) is 0.500. The molecule has 4 heteroatoms. The third-order valence-electron chi connectivity index (χ3n) is 3.58. The molecule has 1 fully saturated rings. The number of halogens is 1. The van der Waals surface area contributed by atoms with Crippen molar-refractivity contribution < 1.29 is 9.18 Å². The molecule has 18 heavy (non-hydrogen) atoms. The molecule has 0 radical (unpaired) electrons. The lowest BCUT2D eigenvalue weighted by Gasteiger charge is -2.30. The zero-order valence-corrected chi connectivity index (χ0v) is 10.9. The number of nitrogens with zero attached hydrogens (tertiary/aromatic N) is 1. The smallest absolute Gasteiger partial charge is 0.321 e. The average molecular weight is 250 g/mol. The lowest BCUT2D eigenvalue weighted by atomic mass is 10.00. The monoisotopic (exact) mass is 250 g/mol. The highest BCUT2D eigenvalue weighted by Crippen LogP contribution is 2.20. The third-order valence-corrected chi connectivity index (χ3v) is 3.58. The molecule has 0 spiro atoms. The summed E-state index contributed by atoms with van der Waals surface area (Å²) in [7, 11) is 0. The summed E-state index contributed by atoms with van der Waals surface area (Å²) in [6.07, 6.45) is 2.07. The van der Waals surface area contributed by atoms with Crippen LogP contribution in [0.15, 0.2) is 18.2 Å². The van der Waals surface area contributed by atoms with Gasteiger partial charge >= 0.3 is 6.03 Å². The summed E-state index contributed by atoms with van der Waals surface area (Å²) < 4.78 is 13.4. The van der Waals surface area contributed by atoms with Gasteiger partial charge in [-0.2, -0.15) is 0 Å². The summed E-state index contributed by atoms with van der Waals surface area (Å²) in [5.74, 6) is 0.394. The van der Waals surface area contributed by atoms with Crippen molar-refractivity contribution in [2.24, 2.45) is 5.92 Å². The molecule has 0 unspecified atom stereocenters. The second kappa shape index (κ2) is 5.38. The van der Waals surface area contributed by atoms with E-state index in [1.165, 1.54) is 6.07 Å². The van der Waals surface area contributed by atoms with Gasteiger partial charge in [-0.1, -0.05) is 13.0 Å². The van der Waals surface area contributed by atoms with Gasteiger partial charge < -0.3 is 10.2 Å². The first-order valence-electron chi connectivity index (χ1n) is 6.39. The Bertz CT molecular complexity index is 439. The molecule has 2 amide bonds. The van der Waals surface area contributed by atoms with Crippen LogP contribution in [0.25, 0.3) is 0 Å². The Kier molecular flexibility index (Phi) is 3.84. The van der Waals surface area contributed by atoms with Crippen LogP contribution in [0.5, 0.6) is 0 Å². The van der Waals surface area contributed by atoms with E-state index in [-0.39, 0.29) is 11.8 Å². The van der Waals surface area contributed by atoms with Crippen molar-refractivity contribution in [3.8, 4) is 0 Å². The Morgan fingerprint density at radius 1 is 1.39 bits per heavy atom. The van der Waals surface area contributed by atoms with Gasteiger partial charge in [-0.25, -0.2) is 9.18 Å². The Balaban J connectivity index is 2.01. The number of rotatable bonds is 1. The molecule has 1 aromatic carbocycles. The van der Waals surface area contributed by atoms with Gasteiger partial charge in [0.05, 0.1) is 0 Å². The van der Waals surface area contributed by atoms with Crippen LogP contribution in [-0.2, 0) is 0 Å². The number of carbonyl (C=O) groups excluding carboxylic acids is 1. The fourth-order valence-electron chi connectivity index (χ4n) is 2.15. The van der Waals surface area contributed by atoms with Crippen LogP contribution in [-0.4, -0.2) is 24.0 Å². The third kappa shape index (κ3) is 2.81. The van der Waals surface area contributed by atoms with Gasteiger partial charge in [0.2, 0.25) is 0 Å². The number of hydrogen-bond acceptors (Lipinski definition) is 1. The van der Waals surface area contributed by atoms with Crippen LogP contribution < -0.4 is 5.32 Å². The zero-order valence-electron chi connectivity index (χ0n) is 10.9. The first-order valence-corrected chi connectivity index (χ1v) is 6.39. The molecule has 1 aliphatic heterocycles. The summed E-state index contributed by atoms with van der Waals surface area (Å²) in [5.41, 5.74) is 1.04. The molecule has 1 aliphatic rings. The maximum absolute atomic E-state index is 13.4. The highest BCUT2D eigenvalue weighted by atomic mass is 19.1. The van der Waals surface area contributed by atoms with Crippen LogP contribution >= 0.6 is 0 Å². The molecular formula is C14H19FN2O. The van der Waals surface area contributed by atoms with Crippen molar-refractivity contribution in [1.29, 1.82) is 0 Å². The van der Waals surface area contributed by atoms with E-state index < -0.39 is 0 Å². The number of likely N-dealkylation sites (tertiary alicyclic amines) is 1. The lowest BCUT2D eigenvalue weighted by molar-refractivity contribution is 0.186. The Morgan fingerprint density at radius 3 is 2.72 bits per heavy atom. The number of piperidine rings is 1. The van der Waals surface area contributed by atoms with Crippen molar-refractivity contribution >= 4 is 11.7 Å². The predicted molar refractivity (Wildman–Crippen MR) is 70.1 cm³/mol. The summed E-state index contributed by atoms with van der Waals surface area (Å²) in [5, 5.41) is 2.78. The van der Waals surface area contributed by atoms with Gasteiger partial charge in [0.15, 0.2) is 0 Å². The minimum Gasteiger partial charge on any atom is -0.325 e. The van der Waals surface area contributed by atoms with Gasteiger partial charge in [-0.3, -0.25) is 0 Å². The van der Waals surface area contributed by atoms with Crippen LogP contribution in [0.1, 0.15) is 25.3 Å². The zero-order chi connectivity index (χ0) is 13.1. The van der Waals surface area contributed by atoms with E-state index in [0.29, 0.717) is 17.2 Å². The summed E-state index contributed by atoms with van der Waals surface area (Å²) in [6.45, 7) is 5.43. The molecule has 1 aromatic rings. The van der Waals surface area contributed by atoms with E-state index in [1.807, 2.05) is 0 Å². The standard InChI is InChI=1S/C14H19FN2O/c1-10-6-8-17(9-7-10)14(18)16-13-5-3-4-12(15)11(13)2/h3-5,10H,6-9H2,1-2H3,(H,16,18). The van der Waals surface area contributed by atoms with Gasteiger partial charge in [-0.15, -0.1) is 0 Å². The first kappa shape index (κ1) is 12.9. The number of benzene rings is 1. The normalized spacial score (nSPS) is 16.7. The molecule has 2 rings (SSSR count). The fourth-order valence-corrected chi connectivity index (χ4v) is 2.15. The Morgan fingerprint density at radius 2 is 2.06 bits per heavy atom. The minimum absolute atomic E-state index is 0.129. The second-order valence-electron chi connectivity index (χ2n) is 5.01. The number of hydrogen-bond donors (Lipinski definition) is 1. The molecule has 1 saturated heterocycles. The van der Waals surface area contributed by atoms with Crippen molar-refractivity contribution in [1.82, 2.24) is 4.90 Å². The largest absolute Gasteiger partial charge is 0.325 e. The molecule has 0 saturated carbocycles. The Labute approximate surface area is 107 Å². The summed E-state index contributed by atoms with van der Waals surface area (Å²) >= 11 is 0. The van der Waals surface area contributed by atoms with E-state index in [4.69, 9.17) is 0 Å². The first-order chi connectivity index (χ1) is 8.58. The highest BCUT2D eigenvalue weighted by molar-refractivity contribution is 5.90. The highest BCUT2D eigenvalue weighted by Gasteiger charge is 2.20. The van der Waals surface area contributed by atoms with Gasteiger partial charge in [0, 0.05) is 24.3 Å². The molecule has 0 aliphatic carbocycles. The number of amides is 2. The van der Waals surface area contributed by atoms with Crippen LogP contribution in [0, 0.1) is 18.7 Å². The quantitative estimate of drug-likeness (QED) is 0.814. The number of anilines is 1. The van der Waals surface area contributed by atoms with Crippen molar-refractivity contribution in [2.45, 2.75) is 26.7 Å². The lowest BCUT2D eigenvalue weighted by Crippen LogP contribution is -2.40. The number of nitrogens with one attached hydrogen (secondary N) is 1. The van der Waals surface area contributed by atoms with Gasteiger partial charge in [0.25, 0.3) is 0 Å². The van der Waals surface area contributed by atoms with E-state index >= 15 is 0 Å². The van der Waals surface area contributed by atoms with Crippen LogP contribution in [0.3, 0.4) is 0 Å². The molecular weight excluding hydrogens is 231 g/mol. The molecule has 0 atom stereocenters. The van der Waals surface area contributed by atoms with Crippen molar-refractivity contribution in [3.63, 3.8) is 0 Å². The van der Waals surface area contributed by atoms with Gasteiger partial charge in [-0.05, 0) is 37.8 Å². The second-order valence-corrected chi connectivity index (χ2v) is 5.01. The molecule has 1 heterocycles. The number of carbonyl (C=O) groups is 1. The average Bonchev–Trinajstić information content (AvgIpc) is 2.36. The minimum atomic E-state index is -0.292. The van der Waals surface area contributed by atoms with E-state index in [0.717, 1.165) is 25.9 Å². The maximum Gasteiger partial charge on any atom is 0.321 e.